The number of aromatic nitrogens is 2. The molecular formula is C22H34N4. The van der Waals surface area contributed by atoms with Gasteiger partial charge in [-0.1, -0.05) is 38.0 Å². The number of rotatable bonds is 8. The van der Waals surface area contributed by atoms with Crippen molar-refractivity contribution in [2.24, 2.45) is 0 Å². The Bertz CT molecular complexity index is 729. The number of hydrogen-bond acceptors (Lipinski definition) is 4. The van der Waals surface area contributed by atoms with Crippen LogP contribution < -0.4 is 10.2 Å². The van der Waals surface area contributed by atoms with Gasteiger partial charge in [0.1, 0.15) is 17.5 Å². The van der Waals surface area contributed by atoms with Gasteiger partial charge in [0.2, 0.25) is 0 Å². The first-order chi connectivity index (χ1) is 12.4. The zero-order chi connectivity index (χ0) is 19.3. The highest BCUT2D eigenvalue weighted by Gasteiger charge is 2.17. The van der Waals surface area contributed by atoms with Gasteiger partial charge in [-0.3, -0.25) is 0 Å². The summed E-state index contributed by atoms with van der Waals surface area (Å²) < 4.78 is 0. The van der Waals surface area contributed by atoms with Crippen LogP contribution in [0.2, 0.25) is 0 Å². The van der Waals surface area contributed by atoms with E-state index in [-0.39, 0.29) is 0 Å². The fourth-order valence-corrected chi connectivity index (χ4v) is 3.53. The summed E-state index contributed by atoms with van der Waals surface area (Å²) in [6, 6.07) is 4.44. The van der Waals surface area contributed by atoms with E-state index in [1.807, 2.05) is 6.92 Å². The van der Waals surface area contributed by atoms with Crippen LogP contribution in [0.25, 0.3) is 0 Å². The first-order valence-corrected chi connectivity index (χ1v) is 9.88. The molecule has 0 amide bonds. The molecule has 1 aromatic carbocycles. The van der Waals surface area contributed by atoms with Crippen LogP contribution >= 0.6 is 0 Å². The molecule has 0 aliphatic heterocycles. The van der Waals surface area contributed by atoms with Crippen LogP contribution in [0.15, 0.2) is 12.1 Å². The molecule has 4 nitrogen and oxygen atoms in total. The van der Waals surface area contributed by atoms with E-state index in [0.29, 0.717) is 0 Å². The maximum absolute atomic E-state index is 4.80. The summed E-state index contributed by atoms with van der Waals surface area (Å²) in [5.74, 6) is 2.85. The lowest BCUT2D eigenvalue weighted by Crippen LogP contribution is -2.27. The van der Waals surface area contributed by atoms with Gasteiger partial charge in [0.15, 0.2) is 0 Å². The molecule has 1 N–H and O–H groups in total. The monoisotopic (exact) mass is 354 g/mol. The molecule has 0 spiro atoms. The number of anilines is 3. The second-order valence-corrected chi connectivity index (χ2v) is 7.11. The zero-order valence-electron chi connectivity index (χ0n) is 17.5. The van der Waals surface area contributed by atoms with Gasteiger partial charge >= 0.3 is 0 Å². The number of nitrogens with one attached hydrogen (secondary N) is 1. The van der Waals surface area contributed by atoms with Crippen LogP contribution in [0, 0.1) is 27.7 Å². The topological polar surface area (TPSA) is 41.1 Å². The highest BCUT2D eigenvalue weighted by Crippen LogP contribution is 2.31. The highest BCUT2D eigenvalue weighted by atomic mass is 15.2. The molecule has 142 valence electrons. The van der Waals surface area contributed by atoms with E-state index in [1.165, 1.54) is 35.1 Å². The summed E-state index contributed by atoms with van der Waals surface area (Å²) in [7, 11) is 0. The molecule has 0 radical (unpaired) electrons. The van der Waals surface area contributed by atoms with Gasteiger partial charge in [-0.15, -0.1) is 0 Å². The van der Waals surface area contributed by atoms with Crippen molar-refractivity contribution < 1.29 is 0 Å². The molecule has 1 aromatic heterocycles. The molecule has 0 unspecified atom stereocenters. The summed E-state index contributed by atoms with van der Waals surface area (Å²) in [5.41, 5.74) is 6.15. The molecule has 0 saturated carbocycles. The Hall–Kier alpha value is -2.10. The van der Waals surface area contributed by atoms with Gasteiger partial charge in [0.05, 0.1) is 0 Å². The molecule has 1 heterocycles. The molecule has 0 atom stereocenters. The second kappa shape index (κ2) is 9.02. The van der Waals surface area contributed by atoms with E-state index in [4.69, 9.17) is 9.97 Å². The Morgan fingerprint density at radius 3 is 2.15 bits per heavy atom. The third-order valence-electron chi connectivity index (χ3n) is 4.83. The fourth-order valence-electron chi connectivity index (χ4n) is 3.53. The lowest BCUT2D eigenvalue weighted by Gasteiger charge is -2.26. The molecule has 2 rings (SSSR count). The van der Waals surface area contributed by atoms with Gasteiger partial charge in [0, 0.05) is 24.3 Å². The fraction of sp³-hybridized carbons (Fsp3) is 0.545. The van der Waals surface area contributed by atoms with Gasteiger partial charge in [-0.2, -0.15) is 0 Å². The van der Waals surface area contributed by atoms with Crippen LogP contribution in [0.1, 0.15) is 61.7 Å². The smallest absolute Gasteiger partial charge is 0.139 e. The van der Waals surface area contributed by atoms with Gasteiger partial charge in [-0.25, -0.2) is 9.97 Å². The van der Waals surface area contributed by atoms with Crippen LogP contribution in [0.4, 0.5) is 17.3 Å². The van der Waals surface area contributed by atoms with E-state index < -0.39 is 0 Å². The van der Waals surface area contributed by atoms with E-state index in [0.717, 1.165) is 42.7 Å². The van der Waals surface area contributed by atoms with Gasteiger partial charge < -0.3 is 10.2 Å². The Labute approximate surface area is 159 Å². The van der Waals surface area contributed by atoms with Crippen molar-refractivity contribution in [2.75, 3.05) is 23.3 Å². The van der Waals surface area contributed by atoms with Crippen molar-refractivity contribution in [3.63, 3.8) is 0 Å². The third kappa shape index (κ3) is 4.54. The van der Waals surface area contributed by atoms with E-state index in [9.17, 15) is 0 Å². The van der Waals surface area contributed by atoms with Crippen molar-refractivity contribution in [1.29, 1.82) is 0 Å². The Morgan fingerprint density at radius 2 is 1.62 bits per heavy atom. The molecule has 4 heteroatoms. The summed E-state index contributed by atoms with van der Waals surface area (Å²) >= 11 is 0. The first-order valence-electron chi connectivity index (χ1n) is 9.88. The minimum atomic E-state index is 0.817. The molecule has 26 heavy (non-hydrogen) atoms. The van der Waals surface area contributed by atoms with Crippen LogP contribution in [0.3, 0.4) is 0 Å². The van der Waals surface area contributed by atoms with Crippen molar-refractivity contribution in [3.05, 3.63) is 40.2 Å². The SMILES string of the molecule is CCCCN(CC)c1nc(C)nc(Nc2c(C)cc(C)cc2C)c1CC. The predicted molar refractivity (Wildman–Crippen MR) is 113 cm³/mol. The Kier molecular flexibility index (Phi) is 7.01. The van der Waals surface area contributed by atoms with Crippen LogP contribution in [-0.4, -0.2) is 23.1 Å². The molecule has 0 bridgehead atoms. The molecule has 0 fully saturated rings. The highest BCUT2D eigenvalue weighted by molar-refractivity contribution is 5.70. The maximum atomic E-state index is 4.80. The van der Waals surface area contributed by atoms with Gasteiger partial charge in [-0.05, 0) is 58.6 Å². The van der Waals surface area contributed by atoms with E-state index in [2.05, 4.69) is 63.9 Å². The summed E-state index contributed by atoms with van der Waals surface area (Å²) in [6.45, 7) is 17.1. The van der Waals surface area contributed by atoms with Crippen molar-refractivity contribution in [1.82, 2.24) is 9.97 Å². The normalized spacial score (nSPS) is 10.9. The lowest BCUT2D eigenvalue weighted by molar-refractivity contribution is 0.716. The number of benzene rings is 1. The average molecular weight is 355 g/mol. The van der Waals surface area contributed by atoms with Crippen LogP contribution in [-0.2, 0) is 6.42 Å². The summed E-state index contributed by atoms with van der Waals surface area (Å²) in [4.78, 5) is 11.9. The molecular weight excluding hydrogens is 320 g/mol. The number of nitrogens with zero attached hydrogens (tertiary/aromatic N) is 3. The maximum Gasteiger partial charge on any atom is 0.139 e. The Morgan fingerprint density at radius 1 is 0.962 bits per heavy atom. The number of hydrogen-bond donors (Lipinski definition) is 1. The van der Waals surface area contributed by atoms with E-state index in [1.54, 1.807) is 0 Å². The van der Waals surface area contributed by atoms with Crippen LogP contribution in [0.5, 0.6) is 0 Å². The van der Waals surface area contributed by atoms with Crippen molar-refractivity contribution in [3.8, 4) is 0 Å². The summed E-state index contributed by atoms with van der Waals surface area (Å²) in [6.07, 6.45) is 3.28. The zero-order valence-corrected chi connectivity index (χ0v) is 17.5. The Balaban J connectivity index is 2.49. The number of aryl methyl sites for hydroxylation is 4. The first kappa shape index (κ1) is 20.2. The minimum Gasteiger partial charge on any atom is -0.356 e. The van der Waals surface area contributed by atoms with Gasteiger partial charge in [0.25, 0.3) is 0 Å². The molecule has 0 aliphatic rings. The van der Waals surface area contributed by atoms with E-state index >= 15 is 0 Å². The van der Waals surface area contributed by atoms with Crippen molar-refractivity contribution >= 4 is 17.3 Å². The average Bonchev–Trinajstić information content (AvgIpc) is 2.58. The summed E-state index contributed by atoms with van der Waals surface area (Å²) in [5, 5.41) is 3.63. The molecule has 0 saturated heterocycles. The third-order valence-corrected chi connectivity index (χ3v) is 4.83. The quantitative estimate of drug-likeness (QED) is 0.666. The number of unbranched alkanes of at least 4 members (excludes halogenated alkanes) is 1. The van der Waals surface area contributed by atoms with Crippen molar-refractivity contribution in [2.45, 2.75) is 67.7 Å². The second-order valence-electron chi connectivity index (χ2n) is 7.11. The minimum absolute atomic E-state index is 0.817. The standard InChI is InChI=1S/C22H34N4/c1-8-11-12-26(10-3)22-19(9-2)21(23-18(7)24-22)25-20-16(5)13-15(4)14-17(20)6/h13-14H,8-12H2,1-7H3,(H,23,24,25). The predicted octanol–water partition coefficient (Wildman–Crippen LogP) is 5.64. The largest absolute Gasteiger partial charge is 0.356 e. The molecule has 2 aromatic rings. The molecule has 0 aliphatic carbocycles. The lowest BCUT2D eigenvalue weighted by atomic mass is 10.0.